The van der Waals surface area contributed by atoms with E-state index in [1.165, 1.54) is 110 Å². The average molecular weight is 1520 g/mol. The van der Waals surface area contributed by atoms with Crippen LogP contribution in [0.4, 0.5) is 0 Å². The van der Waals surface area contributed by atoms with E-state index in [-0.39, 0.29) is 0 Å². The minimum absolute atomic E-state index is 0.698. The first-order valence-electron chi connectivity index (χ1n) is 38.6. The first-order valence-corrected chi connectivity index (χ1v) is 41.1. The maximum Gasteiger partial charge on any atom is 0.160 e. The molecule has 7 heterocycles. The number of fused-ring (bicyclic) bond motifs is 16. The highest BCUT2D eigenvalue weighted by Gasteiger charge is 2.23. The summed E-state index contributed by atoms with van der Waals surface area (Å²) < 4.78 is 7.49. The average Bonchev–Trinajstić information content (AvgIpc) is 1.61. The molecule has 0 spiro atoms. The van der Waals surface area contributed by atoms with Gasteiger partial charge in [0.15, 0.2) is 11.6 Å². The summed E-state index contributed by atoms with van der Waals surface area (Å²) in [5, 5.41) is 15.0. The molecule has 0 aliphatic heterocycles. The van der Waals surface area contributed by atoms with Gasteiger partial charge in [0.05, 0.1) is 54.6 Å². The molecule has 23 aromatic rings. The lowest BCUT2D eigenvalue weighted by molar-refractivity contribution is 1.18. The van der Waals surface area contributed by atoms with Gasteiger partial charge in [0.2, 0.25) is 0 Å². The third-order valence-corrected chi connectivity index (χ3v) is 25.6. The van der Waals surface area contributed by atoms with Crippen LogP contribution in [0.25, 0.3) is 228 Å². The molecule has 16 aromatic carbocycles. The lowest BCUT2D eigenvalue weighted by Crippen LogP contribution is -1.96. The largest absolute Gasteiger partial charge is 0.246 e. The van der Waals surface area contributed by atoms with Crippen LogP contribution in [0.3, 0.4) is 0 Å². The molecule has 7 aromatic heterocycles. The smallest absolute Gasteiger partial charge is 0.160 e. The summed E-state index contributed by atoms with van der Waals surface area (Å²) in [6.07, 6.45) is 0. The second kappa shape index (κ2) is 28.5. The van der Waals surface area contributed by atoms with E-state index in [9.17, 15) is 0 Å². The van der Waals surface area contributed by atoms with Crippen molar-refractivity contribution < 1.29 is 0 Å². The molecular weight excluding hydrogens is 1450 g/mol. The lowest BCUT2D eigenvalue weighted by atomic mass is 9.91. The summed E-state index contributed by atoms with van der Waals surface area (Å²) in [6.45, 7) is 0. The zero-order valence-electron chi connectivity index (χ0n) is 61.9. The molecule has 0 aliphatic carbocycles. The van der Waals surface area contributed by atoms with Crippen LogP contribution < -0.4 is 0 Å². The molecule has 0 radical (unpaired) electrons. The Balaban J connectivity index is 0.000000141. The fourth-order valence-electron chi connectivity index (χ4n) is 16.7. The Bertz CT molecular complexity index is 7670. The molecule has 0 saturated carbocycles. The number of benzene rings is 16. The van der Waals surface area contributed by atoms with Gasteiger partial charge in [0.1, 0.15) is 0 Å². The molecule has 0 saturated heterocycles. The molecular formula is C106H64N6S3. The maximum absolute atomic E-state index is 5.55. The first kappa shape index (κ1) is 67.6. The highest BCUT2D eigenvalue weighted by atomic mass is 32.1. The first-order chi connectivity index (χ1) is 57.0. The second-order valence-electron chi connectivity index (χ2n) is 29.1. The fraction of sp³-hybridized carbons (Fsp3) is 0. The Hall–Kier alpha value is -14.3. The highest BCUT2D eigenvalue weighted by Crippen LogP contribution is 2.49. The van der Waals surface area contributed by atoms with Gasteiger partial charge in [-0.1, -0.05) is 315 Å². The van der Waals surface area contributed by atoms with E-state index in [0.29, 0.717) is 11.6 Å². The summed E-state index contributed by atoms with van der Waals surface area (Å²) in [7, 11) is 0. The SMILES string of the molecule is c1ccc(-c2cc(-c3cccc(-c4nc5cc(-c6cccc(-c7cc8ccccc8c8ccccc78)c6)ccc5c5c4sc4ccccc45)c3)nc(-c3ccccc3)n2)cc1.c1ccc(-c2cc(-c3cccc(-c4nc5cc(-c6cccc7sc8ccccc8c67)ccc5c5c4sc4ccccc45)c3)nc(-c3ccccc3)n2)cc1. The summed E-state index contributed by atoms with van der Waals surface area (Å²) in [5.74, 6) is 1.40. The molecule has 0 atom stereocenters. The van der Waals surface area contributed by atoms with Gasteiger partial charge in [-0.3, -0.25) is 0 Å². The van der Waals surface area contributed by atoms with Gasteiger partial charge >= 0.3 is 0 Å². The molecule has 0 unspecified atom stereocenters. The number of pyridine rings is 2. The van der Waals surface area contributed by atoms with Crippen molar-refractivity contribution >= 4 is 138 Å². The third-order valence-electron chi connectivity index (χ3n) is 22.1. The van der Waals surface area contributed by atoms with E-state index in [2.05, 4.69) is 340 Å². The Morgan fingerprint density at radius 1 is 0.174 bits per heavy atom. The maximum atomic E-state index is 5.55. The van der Waals surface area contributed by atoms with Crippen molar-refractivity contribution in [1.82, 2.24) is 29.9 Å². The van der Waals surface area contributed by atoms with Crippen LogP contribution in [0, 0.1) is 0 Å². The third kappa shape index (κ3) is 12.2. The Morgan fingerprint density at radius 3 is 1.07 bits per heavy atom. The molecule has 0 amide bonds. The van der Waals surface area contributed by atoms with Crippen LogP contribution in [-0.4, -0.2) is 29.9 Å². The molecule has 536 valence electrons. The summed E-state index contributed by atoms with van der Waals surface area (Å²) in [4.78, 5) is 31.4. The molecule has 0 bridgehead atoms. The van der Waals surface area contributed by atoms with Crippen molar-refractivity contribution in [3.63, 3.8) is 0 Å². The number of aromatic nitrogens is 6. The zero-order valence-corrected chi connectivity index (χ0v) is 64.3. The van der Waals surface area contributed by atoms with E-state index in [1.54, 1.807) is 0 Å². The standard InChI is InChI=1S/C57H35N3S.C49H29N3S2/c1-3-15-36(16-4-1)50-35-51(60-57(59-50)37-17-5-2-6-18-37)42-22-14-23-43(32-42)55-56-54(48-27-11-12-28-53(48)61-56)47-30-29-39(34-52(47)58-55)38-20-13-21-40(31-38)49-33-41-19-7-8-24-44(41)45-25-9-10-26-46(45)49;1-3-13-30(14-4-1)39-29-40(52-49(51-39)31-15-5-2-6-16-31)33-17-11-18-34(27-33)47-48-46(38-20-8-10-23-43(38)54-48)36-26-25-32(28-41(36)50-47)35-21-12-24-44-45(35)37-19-7-9-22-42(37)53-44/h1-35H;1-29H. The Kier molecular flexibility index (Phi) is 16.7. The van der Waals surface area contributed by atoms with E-state index in [0.717, 1.165) is 106 Å². The molecule has 0 aliphatic rings. The van der Waals surface area contributed by atoms with Crippen LogP contribution in [0.15, 0.2) is 388 Å². The quantitative estimate of drug-likeness (QED) is 0.120. The summed E-state index contributed by atoms with van der Waals surface area (Å²) in [5.41, 5.74) is 22.8. The number of thiophene rings is 3. The fourth-order valence-corrected chi connectivity index (χ4v) is 20.3. The minimum Gasteiger partial charge on any atom is -0.246 e. The molecule has 0 N–H and O–H groups in total. The van der Waals surface area contributed by atoms with E-state index >= 15 is 0 Å². The predicted octanol–water partition coefficient (Wildman–Crippen LogP) is 29.8. The minimum atomic E-state index is 0.698. The Labute approximate surface area is 674 Å². The molecule has 115 heavy (non-hydrogen) atoms. The van der Waals surface area contributed by atoms with Gasteiger partial charge in [-0.05, 0) is 128 Å². The highest BCUT2D eigenvalue weighted by molar-refractivity contribution is 7.27. The van der Waals surface area contributed by atoms with Gasteiger partial charge < -0.3 is 0 Å². The van der Waals surface area contributed by atoms with Crippen LogP contribution in [-0.2, 0) is 0 Å². The van der Waals surface area contributed by atoms with Crippen molar-refractivity contribution in [3.05, 3.63) is 388 Å². The number of nitrogens with zero attached hydrogens (tertiary/aromatic N) is 6. The van der Waals surface area contributed by atoms with E-state index in [1.807, 2.05) is 82.5 Å². The Morgan fingerprint density at radius 2 is 0.530 bits per heavy atom. The van der Waals surface area contributed by atoms with Crippen molar-refractivity contribution in [2.75, 3.05) is 0 Å². The van der Waals surface area contributed by atoms with Gasteiger partial charge in [-0.15, -0.1) is 34.0 Å². The van der Waals surface area contributed by atoms with Crippen molar-refractivity contribution in [3.8, 4) is 124 Å². The number of rotatable bonds is 11. The van der Waals surface area contributed by atoms with Gasteiger partial charge in [-0.25, -0.2) is 29.9 Å². The zero-order chi connectivity index (χ0) is 75.9. The summed E-state index contributed by atoms with van der Waals surface area (Å²) >= 11 is 5.48. The molecule has 0 fully saturated rings. The monoisotopic (exact) mass is 1520 g/mol. The van der Waals surface area contributed by atoms with Crippen LogP contribution in [0.5, 0.6) is 0 Å². The van der Waals surface area contributed by atoms with Crippen molar-refractivity contribution in [2.45, 2.75) is 0 Å². The topological polar surface area (TPSA) is 77.3 Å². The second-order valence-corrected chi connectivity index (χ2v) is 32.3. The van der Waals surface area contributed by atoms with Gasteiger partial charge in [0, 0.05) is 106 Å². The predicted molar refractivity (Wildman–Crippen MR) is 488 cm³/mol. The van der Waals surface area contributed by atoms with Crippen LogP contribution in [0.2, 0.25) is 0 Å². The number of hydrogen-bond acceptors (Lipinski definition) is 9. The van der Waals surface area contributed by atoms with Gasteiger partial charge in [-0.2, -0.15) is 0 Å². The van der Waals surface area contributed by atoms with E-state index < -0.39 is 0 Å². The normalized spacial score (nSPS) is 11.7. The van der Waals surface area contributed by atoms with Crippen LogP contribution >= 0.6 is 34.0 Å². The van der Waals surface area contributed by atoms with Crippen molar-refractivity contribution in [1.29, 1.82) is 0 Å². The summed E-state index contributed by atoms with van der Waals surface area (Å²) in [6, 6.07) is 138. The van der Waals surface area contributed by atoms with Crippen LogP contribution in [0.1, 0.15) is 0 Å². The van der Waals surface area contributed by atoms with Gasteiger partial charge in [0.25, 0.3) is 0 Å². The lowest BCUT2D eigenvalue weighted by Gasteiger charge is -2.13. The molecule has 9 heteroatoms. The van der Waals surface area contributed by atoms with Crippen molar-refractivity contribution in [2.24, 2.45) is 0 Å². The number of hydrogen-bond donors (Lipinski definition) is 0. The molecule has 6 nitrogen and oxygen atoms in total. The molecule has 23 rings (SSSR count). The van der Waals surface area contributed by atoms with E-state index in [4.69, 9.17) is 29.9 Å².